The van der Waals surface area contributed by atoms with Crippen molar-refractivity contribution in [2.75, 3.05) is 44.6 Å². The van der Waals surface area contributed by atoms with Crippen LogP contribution in [0.1, 0.15) is 182 Å². The molecule has 500 valence electrons. The summed E-state index contributed by atoms with van der Waals surface area (Å²) in [5, 5.41) is 9.71. The maximum absolute atomic E-state index is 5.52. The predicted octanol–water partition coefficient (Wildman–Crippen LogP) is 21.9. The van der Waals surface area contributed by atoms with Crippen LogP contribution in [0, 0.1) is 59.8 Å². The van der Waals surface area contributed by atoms with Crippen molar-refractivity contribution in [1.29, 1.82) is 0 Å². The Kier molecular flexibility index (Phi) is 59.4. The van der Waals surface area contributed by atoms with Gasteiger partial charge >= 0.3 is 26.2 Å². The van der Waals surface area contributed by atoms with Crippen LogP contribution in [0.25, 0.3) is 10.6 Å². The minimum absolute atomic E-state index is 0. The van der Waals surface area contributed by atoms with E-state index in [0.717, 1.165) is 39.3 Å². The number of nitrogens with zero attached hydrogens (tertiary/aromatic N) is 5. The van der Waals surface area contributed by atoms with Gasteiger partial charge in [0.15, 0.2) is 0 Å². The maximum atomic E-state index is 5.52. The van der Waals surface area contributed by atoms with Gasteiger partial charge in [-0.15, -0.1) is 120 Å². The molecule has 2 atom stereocenters. The summed E-state index contributed by atoms with van der Waals surface area (Å²) >= 11 is 25.9. The molecular formula is C80H109Cl2N5S3Zr2-6. The third kappa shape index (κ3) is 49.4. The molecule has 5 nitrogen and oxygen atoms in total. The van der Waals surface area contributed by atoms with Gasteiger partial charge in [0, 0.05) is 45.7 Å². The molecule has 3 aliphatic carbocycles. The average Bonchev–Trinajstić information content (AvgIpc) is 3.77. The Bertz CT molecular complexity index is 2210. The number of likely N-dealkylation sites (tertiary alicyclic amines) is 3. The van der Waals surface area contributed by atoms with Gasteiger partial charge in [0.2, 0.25) is 0 Å². The van der Waals surface area contributed by atoms with Crippen LogP contribution in [-0.4, -0.2) is 87.4 Å². The van der Waals surface area contributed by atoms with Crippen LogP contribution in [0.5, 0.6) is 0 Å². The van der Waals surface area contributed by atoms with E-state index in [9.17, 15) is 0 Å². The summed E-state index contributed by atoms with van der Waals surface area (Å²) in [4.78, 5) is 8.40. The van der Waals surface area contributed by atoms with Crippen LogP contribution in [-0.2, 0) is 77.7 Å². The SMILES string of the molecule is C#CC.ClCCl.S=C(CC1CCCCC1)N1CCCC1.[CH2-]c1ccccc1.[CH2-]c1ccccc1.[CH2-]c1ccccc1.[CH2-]c1ccccc1.[CH2-]c1ccccc1.[CH2-]c1ccccc1.[S-]C([N-]C1CCCCC1)N1CCCC1.[S-]C([N-]C1CCCCC1)N1CCCC1.[Zr+4].[Zr]. The monoisotopic (exact) mass is 1490 g/mol. The van der Waals surface area contributed by atoms with Gasteiger partial charge in [-0.25, -0.2) is 11.0 Å². The largest absolute Gasteiger partial charge is 4.00 e. The zero-order valence-corrected chi connectivity index (χ0v) is 64.6. The normalized spacial score (nSPS) is 16.4. The molecule has 0 bridgehead atoms. The fourth-order valence-electron chi connectivity index (χ4n) is 10.5. The van der Waals surface area contributed by atoms with Crippen molar-refractivity contribution in [3.63, 3.8) is 0 Å². The van der Waals surface area contributed by atoms with Crippen molar-refractivity contribution in [3.8, 4) is 12.3 Å². The molecule has 0 radical (unpaired) electrons. The Morgan fingerprint density at radius 1 is 0.435 bits per heavy atom. The van der Waals surface area contributed by atoms with Crippen LogP contribution in [0.4, 0.5) is 0 Å². The second-order valence-electron chi connectivity index (χ2n) is 23.1. The summed E-state index contributed by atoms with van der Waals surface area (Å²) in [6.45, 7) is 31.1. The molecule has 6 fully saturated rings. The van der Waals surface area contributed by atoms with Crippen LogP contribution >= 0.6 is 35.4 Å². The number of terminal acetylenes is 1. The summed E-state index contributed by atoms with van der Waals surface area (Å²) in [5.74, 6) is 3.16. The molecule has 0 aromatic heterocycles. The van der Waals surface area contributed by atoms with Crippen molar-refractivity contribution in [1.82, 2.24) is 14.7 Å². The number of hydrogen-bond acceptors (Lipinski definition) is 5. The van der Waals surface area contributed by atoms with Crippen molar-refractivity contribution < 1.29 is 52.4 Å². The summed E-state index contributed by atoms with van der Waals surface area (Å²) in [6.07, 6.45) is 34.3. The molecule has 92 heavy (non-hydrogen) atoms. The molecule has 6 aliphatic rings. The molecule has 2 unspecified atom stereocenters. The molecule has 12 heteroatoms. The average molecular weight is 1490 g/mol. The van der Waals surface area contributed by atoms with E-state index < -0.39 is 0 Å². The van der Waals surface area contributed by atoms with Gasteiger partial charge in [-0.2, -0.15) is 148 Å². The van der Waals surface area contributed by atoms with Gasteiger partial charge in [0.1, 0.15) is 0 Å². The number of benzene rings is 6. The third-order valence-corrected chi connectivity index (χ3v) is 16.7. The zero-order chi connectivity index (χ0) is 65.5. The number of hydrogen-bond donors (Lipinski definition) is 0. The number of rotatable bonds is 8. The van der Waals surface area contributed by atoms with E-state index >= 15 is 0 Å². The number of halogens is 2. The van der Waals surface area contributed by atoms with Gasteiger partial charge in [-0.1, -0.05) is 145 Å². The molecule has 3 saturated heterocycles. The summed E-state index contributed by atoms with van der Waals surface area (Å²) in [6, 6.07) is 60.4. The molecule has 0 spiro atoms. The van der Waals surface area contributed by atoms with Crippen LogP contribution in [0.3, 0.4) is 0 Å². The number of alkyl halides is 2. The molecule has 0 amide bonds. The Labute approximate surface area is 628 Å². The zero-order valence-electron chi connectivity index (χ0n) is 55.8. The molecule has 12 rings (SSSR count). The fourth-order valence-corrected chi connectivity index (χ4v) is 11.7. The van der Waals surface area contributed by atoms with Gasteiger partial charge in [-0.05, 0) is 77.5 Å². The molecule has 6 aromatic rings. The topological polar surface area (TPSA) is 37.9 Å². The quantitative estimate of drug-likeness (QED) is 0.0497. The molecule has 3 saturated carbocycles. The van der Waals surface area contributed by atoms with Crippen LogP contribution in [0.2, 0.25) is 0 Å². The first-order valence-electron chi connectivity index (χ1n) is 33.0. The summed E-state index contributed by atoms with van der Waals surface area (Å²) < 4.78 is 0. The first kappa shape index (κ1) is 88.9. The smallest absolute Gasteiger partial charge is 0.797 e. The summed E-state index contributed by atoms with van der Waals surface area (Å²) in [7, 11) is 0. The van der Waals surface area contributed by atoms with E-state index in [1.165, 1.54) is 186 Å². The minimum Gasteiger partial charge on any atom is -0.797 e. The molecule has 3 heterocycles. The molecule has 3 aliphatic heterocycles. The first-order chi connectivity index (χ1) is 43.8. The first-order valence-corrected chi connectivity index (χ1v) is 35.4. The second kappa shape index (κ2) is 61.5. The summed E-state index contributed by atoms with van der Waals surface area (Å²) in [5.41, 5.74) is 6.57. The van der Waals surface area contributed by atoms with Crippen LogP contribution < -0.4 is 0 Å². The Balaban J connectivity index is 0.00000102. The third-order valence-electron chi connectivity index (χ3n) is 15.4. The van der Waals surface area contributed by atoms with Gasteiger partial charge in [0.25, 0.3) is 0 Å². The Morgan fingerprint density at radius 2 is 0.641 bits per heavy atom. The van der Waals surface area contributed by atoms with Crippen molar-refractivity contribution >= 4 is 65.7 Å². The van der Waals surface area contributed by atoms with E-state index in [1.54, 1.807) is 6.92 Å². The number of thiocarbonyl (C=S) groups is 1. The standard InChI is InChI=1S/C12H21NS.2C11H21N2S.6C7H7.C3H4.CH2Cl2.2Zr/c14-12(13-8-4-5-9-13)10-11-6-2-1-3-7-11;2*14-11(13-8-4-5-9-13)12-10-6-2-1-3-7-10;6*1-7-5-3-2-4-6-7;1-3-2;2-1-3;;/h11H,1-10H2;2*10-11,14H,1-9H2;6*2-6H,1H2;1H,2H3;1H2;;/q;8*-1;;;;+4/p-2. The van der Waals surface area contributed by atoms with Gasteiger partial charge in [-0.3, -0.25) is 0 Å². The van der Waals surface area contributed by atoms with Crippen molar-refractivity contribution in [2.24, 2.45) is 5.92 Å². The molecule has 6 aromatic carbocycles. The molecule has 0 N–H and O–H groups in total. The van der Waals surface area contributed by atoms with E-state index in [-0.39, 0.29) is 68.7 Å². The fraction of sp³-hybridized carbons (Fsp3) is 0.438. The van der Waals surface area contributed by atoms with Gasteiger partial charge in [0.05, 0.1) is 10.3 Å². The second-order valence-corrected chi connectivity index (χ2v) is 25.2. The van der Waals surface area contributed by atoms with Gasteiger partial charge < -0.3 is 50.6 Å². The van der Waals surface area contributed by atoms with Crippen molar-refractivity contribution in [2.45, 2.75) is 171 Å². The van der Waals surface area contributed by atoms with E-state index in [4.69, 9.17) is 71.3 Å². The van der Waals surface area contributed by atoms with Crippen molar-refractivity contribution in [3.05, 3.63) is 268 Å². The predicted molar refractivity (Wildman–Crippen MR) is 405 cm³/mol. The van der Waals surface area contributed by atoms with E-state index in [2.05, 4.69) is 68.6 Å². The maximum Gasteiger partial charge on any atom is 4.00 e. The molecular weight excluding hydrogens is 1380 g/mol. The van der Waals surface area contributed by atoms with E-state index in [0.29, 0.717) is 12.1 Å². The minimum atomic E-state index is 0. The Hall–Kier alpha value is -3.12. The van der Waals surface area contributed by atoms with E-state index in [1.807, 2.05) is 182 Å². The van der Waals surface area contributed by atoms with Crippen LogP contribution in [0.15, 0.2) is 182 Å². The Morgan fingerprint density at radius 3 is 0.848 bits per heavy atom.